The van der Waals surface area contributed by atoms with E-state index in [-0.39, 0.29) is 19.6 Å². The molecule has 3 heterocycles. The van der Waals surface area contributed by atoms with Crippen molar-refractivity contribution in [3.8, 4) is 0 Å². The Bertz CT molecular complexity index is 661. The zero-order valence-electron chi connectivity index (χ0n) is 19.4. The molecule has 0 spiro atoms. The molecule has 212 valence electrons. The molecular formula is C20H37NO15. The van der Waals surface area contributed by atoms with E-state index in [1.807, 2.05) is 0 Å². The van der Waals surface area contributed by atoms with Crippen LogP contribution in [0.5, 0.6) is 0 Å². The number of rotatable bonds is 10. The van der Waals surface area contributed by atoms with Gasteiger partial charge in [-0.2, -0.15) is 0 Å². The minimum atomic E-state index is -1.80. The van der Waals surface area contributed by atoms with Gasteiger partial charge >= 0.3 is 0 Å². The molecule has 0 aliphatic carbocycles. The first-order valence-corrected chi connectivity index (χ1v) is 11.7. The lowest BCUT2D eigenvalue weighted by Crippen LogP contribution is -2.65. The molecule has 14 atom stereocenters. The van der Waals surface area contributed by atoms with Crippen LogP contribution < -0.4 is 5.73 Å². The Morgan fingerprint density at radius 3 is 1.97 bits per heavy atom. The van der Waals surface area contributed by atoms with Crippen molar-refractivity contribution in [3.63, 3.8) is 0 Å². The standard InChI is InChI=1S/C20H37NO15/c21-1-2-31-19-16(30)17(36-20-15(29)14(28)12(26)9(5-23)34-20)13(27)10(35-19)6-32-18-11(25)8(24)3-7(4-22)33-18/h7-20,22-30H,1-6,21H2/t7-,8-,9+,10+,11-,12+,13+,14-,15-,16-,17-,18-,19-,20+/m0/s1. The molecule has 0 aromatic rings. The maximum Gasteiger partial charge on any atom is 0.187 e. The fourth-order valence-corrected chi connectivity index (χ4v) is 4.22. The van der Waals surface area contributed by atoms with Crippen LogP contribution in [0.4, 0.5) is 0 Å². The first-order chi connectivity index (χ1) is 17.1. The van der Waals surface area contributed by atoms with Gasteiger partial charge in [0.05, 0.1) is 38.6 Å². The molecule has 16 heteroatoms. The van der Waals surface area contributed by atoms with E-state index in [0.717, 1.165) is 0 Å². The smallest absolute Gasteiger partial charge is 0.187 e. The maximum atomic E-state index is 10.9. The summed E-state index contributed by atoms with van der Waals surface area (Å²) >= 11 is 0. The van der Waals surface area contributed by atoms with Gasteiger partial charge in [0, 0.05) is 13.0 Å². The number of aliphatic hydroxyl groups is 9. The minimum Gasteiger partial charge on any atom is -0.394 e. The van der Waals surface area contributed by atoms with E-state index in [1.165, 1.54) is 0 Å². The van der Waals surface area contributed by atoms with E-state index >= 15 is 0 Å². The van der Waals surface area contributed by atoms with Crippen LogP contribution in [0.15, 0.2) is 0 Å². The average Bonchev–Trinajstić information content (AvgIpc) is 2.87. The first kappa shape index (κ1) is 29.9. The summed E-state index contributed by atoms with van der Waals surface area (Å²) in [7, 11) is 0. The molecule has 0 unspecified atom stereocenters. The lowest BCUT2D eigenvalue weighted by atomic mass is 9.97. The van der Waals surface area contributed by atoms with Crippen LogP contribution in [0, 0.1) is 0 Å². The highest BCUT2D eigenvalue weighted by molar-refractivity contribution is 4.94. The third kappa shape index (κ3) is 6.67. The number of aliphatic hydroxyl groups excluding tert-OH is 9. The SMILES string of the molecule is NCCO[C@H]1O[C@H](CO[C@H]2O[C@H](CO)C[C@H](O)[C@@H]2O)[C@@H](O)[C@H](O[C@H]2O[C@H](CO)[C@@H](O)[C@H](O)[C@@H]2O)[C@@H]1O. The number of hydrogen-bond donors (Lipinski definition) is 10. The van der Waals surface area contributed by atoms with Crippen LogP contribution in [-0.4, -0.2) is 165 Å². The molecule has 11 N–H and O–H groups in total. The summed E-state index contributed by atoms with van der Waals surface area (Å²) in [5.74, 6) is 0. The van der Waals surface area contributed by atoms with E-state index in [4.69, 9.17) is 34.2 Å². The molecule has 0 bridgehead atoms. The lowest BCUT2D eigenvalue weighted by molar-refractivity contribution is -0.364. The van der Waals surface area contributed by atoms with Crippen LogP contribution in [0.25, 0.3) is 0 Å². The van der Waals surface area contributed by atoms with Gasteiger partial charge < -0.3 is 80.1 Å². The summed E-state index contributed by atoms with van der Waals surface area (Å²) in [5.41, 5.74) is 5.44. The summed E-state index contributed by atoms with van der Waals surface area (Å²) < 4.78 is 32.7. The van der Waals surface area contributed by atoms with Gasteiger partial charge in [-0.15, -0.1) is 0 Å². The quantitative estimate of drug-likeness (QED) is 0.126. The zero-order valence-corrected chi connectivity index (χ0v) is 19.4. The second-order valence-corrected chi connectivity index (χ2v) is 8.92. The highest BCUT2D eigenvalue weighted by Crippen LogP contribution is 2.30. The molecule has 3 rings (SSSR count). The van der Waals surface area contributed by atoms with Crippen molar-refractivity contribution in [2.45, 2.75) is 92.4 Å². The van der Waals surface area contributed by atoms with E-state index < -0.39 is 106 Å². The predicted octanol–water partition coefficient (Wildman–Crippen LogP) is -6.56. The number of hydrogen-bond acceptors (Lipinski definition) is 16. The Morgan fingerprint density at radius 1 is 0.667 bits per heavy atom. The average molecular weight is 532 g/mol. The van der Waals surface area contributed by atoms with Crippen molar-refractivity contribution >= 4 is 0 Å². The second kappa shape index (κ2) is 13.4. The van der Waals surface area contributed by atoms with Gasteiger partial charge in [0.25, 0.3) is 0 Å². The van der Waals surface area contributed by atoms with Crippen LogP contribution in [0.3, 0.4) is 0 Å². The maximum absolute atomic E-state index is 10.9. The third-order valence-corrected chi connectivity index (χ3v) is 6.31. The molecule has 3 aliphatic rings. The van der Waals surface area contributed by atoms with Crippen molar-refractivity contribution in [3.05, 3.63) is 0 Å². The van der Waals surface area contributed by atoms with E-state index in [9.17, 15) is 46.0 Å². The fraction of sp³-hybridized carbons (Fsp3) is 1.00. The fourth-order valence-electron chi connectivity index (χ4n) is 4.22. The molecule has 0 aromatic carbocycles. The monoisotopic (exact) mass is 531 g/mol. The van der Waals surface area contributed by atoms with Crippen molar-refractivity contribution in [1.82, 2.24) is 0 Å². The molecule has 0 aromatic heterocycles. The van der Waals surface area contributed by atoms with Gasteiger partial charge in [0.2, 0.25) is 0 Å². The second-order valence-electron chi connectivity index (χ2n) is 8.92. The Hall–Kier alpha value is -0.640. The lowest BCUT2D eigenvalue weighted by Gasteiger charge is -2.46. The summed E-state index contributed by atoms with van der Waals surface area (Å²) in [6.07, 6.45) is -20.5. The predicted molar refractivity (Wildman–Crippen MR) is 113 cm³/mol. The van der Waals surface area contributed by atoms with Gasteiger partial charge in [-0.25, -0.2) is 0 Å². The molecule has 0 radical (unpaired) electrons. The van der Waals surface area contributed by atoms with Gasteiger partial charge in [-0.3, -0.25) is 0 Å². The largest absolute Gasteiger partial charge is 0.394 e. The molecular weight excluding hydrogens is 494 g/mol. The molecule has 16 nitrogen and oxygen atoms in total. The van der Waals surface area contributed by atoms with Gasteiger partial charge in [0.1, 0.15) is 54.9 Å². The van der Waals surface area contributed by atoms with Crippen LogP contribution in [-0.2, 0) is 28.4 Å². The minimum absolute atomic E-state index is 0.0176. The van der Waals surface area contributed by atoms with Gasteiger partial charge in [-0.1, -0.05) is 0 Å². The Morgan fingerprint density at radius 2 is 1.33 bits per heavy atom. The Balaban J connectivity index is 1.72. The van der Waals surface area contributed by atoms with Crippen LogP contribution >= 0.6 is 0 Å². The third-order valence-electron chi connectivity index (χ3n) is 6.31. The molecule has 3 aliphatic heterocycles. The molecule has 3 fully saturated rings. The van der Waals surface area contributed by atoms with Crippen molar-refractivity contribution in [2.75, 3.05) is 33.0 Å². The summed E-state index contributed by atoms with van der Waals surface area (Å²) in [5, 5.41) is 90.7. The molecule has 0 saturated carbocycles. The Labute approximate surface area is 206 Å². The first-order valence-electron chi connectivity index (χ1n) is 11.7. The normalized spacial score (nSPS) is 48.2. The zero-order chi connectivity index (χ0) is 26.6. The van der Waals surface area contributed by atoms with E-state index in [2.05, 4.69) is 0 Å². The summed E-state index contributed by atoms with van der Waals surface area (Å²) in [6, 6.07) is 0. The van der Waals surface area contributed by atoms with Crippen LogP contribution in [0.1, 0.15) is 6.42 Å². The Kier molecular flexibility index (Phi) is 11.2. The van der Waals surface area contributed by atoms with Gasteiger partial charge in [-0.05, 0) is 0 Å². The highest BCUT2D eigenvalue weighted by atomic mass is 16.7. The number of nitrogens with two attached hydrogens (primary N) is 1. The topological polar surface area (TPSA) is 263 Å². The van der Waals surface area contributed by atoms with Crippen molar-refractivity contribution < 1.29 is 74.4 Å². The molecule has 36 heavy (non-hydrogen) atoms. The molecule has 0 amide bonds. The molecule has 3 saturated heterocycles. The van der Waals surface area contributed by atoms with Crippen LogP contribution in [0.2, 0.25) is 0 Å². The van der Waals surface area contributed by atoms with Crippen molar-refractivity contribution in [2.24, 2.45) is 5.73 Å². The van der Waals surface area contributed by atoms with E-state index in [0.29, 0.717) is 0 Å². The van der Waals surface area contributed by atoms with E-state index in [1.54, 1.807) is 0 Å². The number of ether oxygens (including phenoxy) is 6. The van der Waals surface area contributed by atoms with Gasteiger partial charge in [0.15, 0.2) is 18.9 Å². The summed E-state index contributed by atoms with van der Waals surface area (Å²) in [4.78, 5) is 0. The summed E-state index contributed by atoms with van der Waals surface area (Å²) in [6.45, 7) is -1.59. The van der Waals surface area contributed by atoms with Crippen molar-refractivity contribution in [1.29, 1.82) is 0 Å². The highest BCUT2D eigenvalue weighted by Gasteiger charge is 2.51.